The van der Waals surface area contributed by atoms with Gasteiger partial charge in [-0.3, -0.25) is 0 Å². The Balaban J connectivity index is 0.000000102. The highest BCUT2D eigenvalue weighted by molar-refractivity contribution is 6.33. The summed E-state index contributed by atoms with van der Waals surface area (Å²) in [6, 6.07) is 182. The van der Waals surface area contributed by atoms with Gasteiger partial charge >= 0.3 is 0 Å². The third-order valence-corrected chi connectivity index (χ3v) is 29.3. The number of rotatable bonds is 8. The predicted octanol–water partition coefficient (Wildman–Crippen LogP) is 37.5. The molecule has 0 fully saturated rings. The van der Waals surface area contributed by atoms with Crippen molar-refractivity contribution in [2.45, 2.75) is 0 Å². The van der Waals surface area contributed by atoms with E-state index in [1.807, 2.05) is 0 Å². The van der Waals surface area contributed by atoms with E-state index >= 15 is 0 Å². The minimum absolute atomic E-state index is 1.16. The lowest BCUT2D eigenvalue weighted by Crippen LogP contribution is -1.96. The van der Waals surface area contributed by atoms with Crippen LogP contribution in [0.2, 0.25) is 0 Å². The molecule has 1 heteroatoms. The molecular formula is C134H81N. The van der Waals surface area contributed by atoms with Crippen LogP contribution in [0.5, 0.6) is 0 Å². The number of fused-ring (bicyclic) bond motifs is 24. The molecule has 27 aromatic rings. The van der Waals surface area contributed by atoms with Gasteiger partial charge < -0.3 is 4.57 Å². The van der Waals surface area contributed by atoms with Crippen molar-refractivity contribution < 1.29 is 0 Å². The van der Waals surface area contributed by atoms with Crippen LogP contribution in [0.15, 0.2) is 491 Å². The number of benzene rings is 26. The Labute approximate surface area is 780 Å². The van der Waals surface area contributed by atoms with E-state index in [0.29, 0.717) is 0 Å². The molecule has 0 aliphatic heterocycles. The van der Waals surface area contributed by atoms with Crippen molar-refractivity contribution in [1.29, 1.82) is 0 Å². The Morgan fingerprint density at radius 2 is 0.437 bits per heavy atom. The molecule has 0 radical (unpaired) electrons. The summed E-state index contributed by atoms with van der Waals surface area (Å²) < 4.78 is 2.45. The standard InChI is InChI=1S/C50H30.C48H29N.C36H22/c1-2-9-33-24-38(19-16-31(33)8-1)34-13-7-14-35(25-34)39-20-17-32-18-21-41(27-42(32)26-39)44-22-23-45-46-28-36-10-3-4-11-37(36)29-47(46)48-30-40-12-5-6-15-43(40)49(44)50(45)48;1-2-12-30(13-3-1)33-26-34(28-35(27-33)49-44-20-10-8-18-39(44)40-19-9-11-21-45(40)49)38-24-25-42-46-36-16-6-4-14-31(36)22-23-41(46)43-29-32-15-5-7-17-37(32)47(38)48(42)43;1-3-11-23(12-4-1)29-19-20-30-35-31(32-22-26-16-8-10-18-28(26)34(29)36(30)32)21-25-15-7-9-17-27(25)33(35)24-13-5-2-6-14-24/h1-30H;1-29H;1-22H. The van der Waals surface area contributed by atoms with Gasteiger partial charge in [0.25, 0.3) is 0 Å². The molecule has 3 aliphatic carbocycles. The first kappa shape index (κ1) is 76.3. The van der Waals surface area contributed by atoms with Gasteiger partial charge in [-0.15, -0.1) is 0 Å². The Kier molecular flexibility index (Phi) is 17.2. The highest BCUT2D eigenvalue weighted by Gasteiger charge is 2.32. The smallest absolute Gasteiger partial charge is 0.0541 e. The lowest BCUT2D eigenvalue weighted by Gasteiger charge is -2.17. The number of hydrogen-bond donors (Lipinski definition) is 0. The Morgan fingerprint density at radius 3 is 1.01 bits per heavy atom. The molecule has 0 unspecified atom stereocenters. The summed E-state index contributed by atoms with van der Waals surface area (Å²) in [5.74, 6) is 0. The predicted molar refractivity (Wildman–Crippen MR) is 578 cm³/mol. The van der Waals surface area contributed by atoms with Gasteiger partial charge in [-0.05, 0) is 354 Å². The van der Waals surface area contributed by atoms with Gasteiger partial charge in [0.05, 0.1) is 11.0 Å². The van der Waals surface area contributed by atoms with E-state index in [4.69, 9.17) is 0 Å². The zero-order valence-electron chi connectivity index (χ0n) is 73.7. The van der Waals surface area contributed by atoms with Crippen LogP contribution in [0.25, 0.3) is 291 Å². The van der Waals surface area contributed by atoms with Crippen molar-refractivity contribution in [3.63, 3.8) is 0 Å². The van der Waals surface area contributed by atoms with Crippen LogP contribution < -0.4 is 0 Å². The fourth-order valence-electron chi connectivity index (χ4n) is 23.3. The lowest BCUT2D eigenvalue weighted by molar-refractivity contribution is 1.18. The topological polar surface area (TPSA) is 4.93 Å². The fourth-order valence-corrected chi connectivity index (χ4v) is 23.3. The van der Waals surface area contributed by atoms with Crippen LogP contribution in [0.3, 0.4) is 0 Å². The zero-order valence-corrected chi connectivity index (χ0v) is 73.7. The number of para-hydroxylation sites is 2. The third-order valence-electron chi connectivity index (χ3n) is 29.3. The first-order valence-electron chi connectivity index (χ1n) is 47.0. The summed E-state index contributed by atoms with van der Waals surface area (Å²) >= 11 is 0. The molecule has 1 aromatic heterocycles. The van der Waals surface area contributed by atoms with Gasteiger partial charge in [0.15, 0.2) is 0 Å². The SMILES string of the molecule is c1cc(-c2ccc3ccccc3c2)cc(-c2ccc3ccc(-c4ccc5c6c(cc7ccccc7c46)-c4cc6ccccc6cc4-5)cc3c2)c1.c1ccc(-c2c3c(cc4ccccc24)-c2cc4ccccc4c4c(-c5ccccc5)ccc-3c24)cc1.c1ccc(-c2cc(-c3ccc4c5c(cc6ccccc6c35)-c3ccc5ccccc5c3-4)cc(-n3c4ccccc4c4ccccc43)c2)cc1. The third kappa shape index (κ3) is 12.1. The van der Waals surface area contributed by atoms with E-state index in [2.05, 4.69) is 496 Å². The monoisotopic (exact) mass is 1700 g/mol. The van der Waals surface area contributed by atoms with Gasteiger partial charge in [-0.1, -0.05) is 400 Å². The summed E-state index contributed by atoms with van der Waals surface area (Å²) in [7, 11) is 0. The van der Waals surface area contributed by atoms with Crippen LogP contribution in [0.1, 0.15) is 0 Å². The average Bonchev–Trinajstić information content (AvgIpc) is 1.54. The van der Waals surface area contributed by atoms with E-state index in [0.717, 1.165) is 5.69 Å². The zero-order chi connectivity index (χ0) is 88.5. The van der Waals surface area contributed by atoms with Crippen LogP contribution in [-0.2, 0) is 0 Å². The highest BCUT2D eigenvalue weighted by Crippen LogP contribution is 2.59. The second-order valence-corrected chi connectivity index (χ2v) is 36.7. The molecule has 26 aromatic carbocycles. The van der Waals surface area contributed by atoms with Crippen LogP contribution >= 0.6 is 0 Å². The van der Waals surface area contributed by atoms with E-state index < -0.39 is 0 Å². The quantitative estimate of drug-likeness (QED) is 0.134. The summed E-state index contributed by atoms with van der Waals surface area (Å²) in [5.41, 5.74) is 37.1. The van der Waals surface area contributed by atoms with Gasteiger partial charge in [-0.25, -0.2) is 0 Å². The van der Waals surface area contributed by atoms with Gasteiger partial charge in [0, 0.05) is 16.5 Å². The molecule has 0 amide bonds. The van der Waals surface area contributed by atoms with Crippen molar-refractivity contribution in [3.05, 3.63) is 491 Å². The van der Waals surface area contributed by atoms with E-state index in [-0.39, 0.29) is 0 Å². The van der Waals surface area contributed by atoms with E-state index in [1.54, 1.807) is 0 Å². The molecule has 622 valence electrons. The fraction of sp³-hybridized carbons (Fsp3) is 0. The summed E-state index contributed by atoms with van der Waals surface area (Å²) in [6.45, 7) is 0. The Morgan fingerprint density at radius 1 is 0.111 bits per heavy atom. The second kappa shape index (κ2) is 30.5. The summed E-state index contributed by atoms with van der Waals surface area (Å²) in [4.78, 5) is 0. The average molecular weight is 1710 g/mol. The maximum atomic E-state index is 2.45. The number of nitrogens with zero attached hydrogens (tertiary/aromatic N) is 1. The van der Waals surface area contributed by atoms with Crippen molar-refractivity contribution in [2.75, 3.05) is 0 Å². The Hall–Kier alpha value is -17.6. The minimum Gasteiger partial charge on any atom is -0.309 e. The molecule has 30 rings (SSSR count). The van der Waals surface area contributed by atoms with Crippen LogP contribution in [-0.4, -0.2) is 4.57 Å². The molecule has 135 heavy (non-hydrogen) atoms. The molecule has 1 heterocycles. The van der Waals surface area contributed by atoms with Crippen molar-refractivity contribution >= 4 is 140 Å². The maximum absolute atomic E-state index is 2.45. The Bertz CT molecular complexity index is 9680. The highest BCUT2D eigenvalue weighted by atomic mass is 15.0. The molecular weight excluding hydrogens is 1620 g/mol. The van der Waals surface area contributed by atoms with Crippen LogP contribution in [0.4, 0.5) is 0 Å². The van der Waals surface area contributed by atoms with Crippen molar-refractivity contribution in [2.24, 2.45) is 0 Å². The molecule has 0 N–H and O–H groups in total. The molecule has 1 nitrogen and oxygen atoms in total. The summed E-state index contributed by atoms with van der Waals surface area (Å²) in [5, 5.41) is 31.2. The van der Waals surface area contributed by atoms with Gasteiger partial charge in [0.1, 0.15) is 0 Å². The molecule has 0 saturated carbocycles. The first-order chi connectivity index (χ1) is 66.9. The van der Waals surface area contributed by atoms with Crippen molar-refractivity contribution in [1.82, 2.24) is 4.57 Å². The molecule has 0 saturated heterocycles. The van der Waals surface area contributed by atoms with E-state index in [1.165, 1.54) is 285 Å². The minimum atomic E-state index is 1.16. The molecule has 3 aliphatic rings. The second-order valence-electron chi connectivity index (χ2n) is 36.7. The number of hydrogen-bond acceptors (Lipinski definition) is 0. The lowest BCUT2D eigenvalue weighted by atomic mass is 9.88. The van der Waals surface area contributed by atoms with Gasteiger partial charge in [-0.2, -0.15) is 0 Å². The molecule has 0 atom stereocenters. The largest absolute Gasteiger partial charge is 0.309 e. The van der Waals surface area contributed by atoms with Crippen molar-refractivity contribution in [3.8, 4) is 150 Å². The van der Waals surface area contributed by atoms with E-state index in [9.17, 15) is 0 Å². The first-order valence-corrected chi connectivity index (χ1v) is 47.0. The van der Waals surface area contributed by atoms with Crippen LogP contribution in [0, 0.1) is 0 Å². The molecule has 0 bridgehead atoms. The number of aromatic nitrogens is 1. The molecule has 0 spiro atoms. The summed E-state index contributed by atoms with van der Waals surface area (Å²) in [6.07, 6.45) is 0. The maximum Gasteiger partial charge on any atom is 0.0541 e. The normalized spacial score (nSPS) is 12.0. The van der Waals surface area contributed by atoms with Gasteiger partial charge in [0.2, 0.25) is 0 Å².